The number of hydrogen-bond acceptors (Lipinski definition) is 4. The van der Waals surface area contributed by atoms with Gasteiger partial charge in [-0.25, -0.2) is 9.78 Å². The van der Waals surface area contributed by atoms with Gasteiger partial charge in [-0.3, -0.25) is 0 Å². The second-order valence-electron chi connectivity index (χ2n) is 3.38. The Morgan fingerprint density at radius 2 is 2.17 bits per heavy atom. The molecule has 0 spiro atoms. The van der Waals surface area contributed by atoms with E-state index >= 15 is 0 Å². The summed E-state index contributed by atoms with van der Waals surface area (Å²) in [7, 11) is 0. The van der Waals surface area contributed by atoms with Gasteiger partial charge in [0.15, 0.2) is 17.8 Å². The standard InChI is InChI=1S/C12H9Cl2NO3/c1-2-17-12(16)10-11(18-6-15-10)7-3-4-8(13)9(14)5-7/h3-6H,2H2,1H3. The van der Waals surface area contributed by atoms with Gasteiger partial charge >= 0.3 is 5.97 Å². The molecule has 0 amide bonds. The number of benzene rings is 1. The summed E-state index contributed by atoms with van der Waals surface area (Å²) >= 11 is 11.7. The Labute approximate surface area is 113 Å². The number of rotatable bonds is 3. The van der Waals surface area contributed by atoms with Gasteiger partial charge in [-0.2, -0.15) is 0 Å². The van der Waals surface area contributed by atoms with Crippen LogP contribution in [0.1, 0.15) is 17.4 Å². The molecular formula is C12H9Cl2NO3. The van der Waals surface area contributed by atoms with E-state index in [9.17, 15) is 4.79 Å². The molecule has 0 aliphatic rings. The maximum absolute atomic E-state index is 11.6. The lowest BCUT2D eigenvalue weighted by molar-refractivity contribution is 0.0520. The average Bonchev–Trinajstić information content (AvgIpc) is 2.82. The normalized spacial score (nSPS) is 10.4. The minimum absolute atomic E-state index is 0.121. The van der Waals surface area contributed by atoms with Crippen molar-refractivity contribution in [3.8, 4) is 11.3 Å². The summed E-state index contributed by atoms with van der Waals surface area (Å²) < 4.78 is 10.1. The SMILES string of the molecule is CCOC(=O)c1ncoc1-c1ccc(Cl)c(Cl)c1. The zero-order valence-corrected chi connectivity index (χ0v) is 11.0. The molecule has 1 heterocycles. The number of aromatic nitrogens is 1. The van der Waals surface area contributed by atoms with Crippen molar-refractivity contribution in [2.75, 3.05) is 6.61 Å². The average molecular weight is 286 g/mol. The van der Waals surface area contributed by atoms with Gasteiger partial charge in [0.2, 0.25) is 0 Å². The number of halogens is 2. The van der Waals surface area contributed by atoms with Crippen molar-refractivity contribution in [3.63, 3.8) is 0 Å². The largest absolute Gasteiger partial charge is 0.461 e. The summed E-state index contributed by atoms with van der Waals surface area (Å²) in [6.45, 7) is 1.99. The molecule has 0 bridgehead atoms. The highest BCUT2D eigenvalue weighted by Crippen LogP contribution is 2.30. The molecule has 94 valence electrons. The zero-order chi connectivity index (χ0) is 13.1. The Balaban J connectivity index is 2.42. The van der Waals surface area contributed by atoms with Crippen molar-refractivity contribution in [3.05, 3.63) is 40.3 Å². The minimum atomic E-state index is -0.535. The van der Waals surface area contributed by atoms with Crippen LogP contribution in [0.3, 0.4) is 0 Å². The van der Waals surface area contributed by atoms with Crippen LogP contribution in [-0.4, -0.2) is 17.6 Å². The highest BCUT2D eigenvalue weighted by atomic mass is 35.5. The number of carbonyl (C=O) groups excluding carboxylic acids is 1. The first kappa shape index (κ1) is 12.9. The Morgan fingerprint density at radius 3 is 2.83 bits per heavy atom. The van der Waals surface area contributed by atoms with E-state index in [4.69, 9.17) is 32.4 Å². The number of oxazole rings is 1. The first-order chi connectivity index (χ1) is 8.63. The Morgan fingerprint density at radius 1 is 1.39 bits per heavy atom. The van der Waals surface area contributed by atoms with Crippen LogP contribution < -0.4 is 0 Å². The fraction of sp³-hybridized carbons (Fsp3) is 0.167. The molecule has 2 rings (SSSR count). The summed E-state index contributed by atoms with van der Waals surface area (Å²) in [5.41, 5.74) is 0.736. The predicted molar refractivity (Wildman–Crippen MR) is 67.9 cm³/mol. The van der Waals surface area contributed by atoms with E-state index in [-0.39, 0.29) is 12.3 Å². The van der Waals surface area contributed by atoms with Crippen LogP contribution in [0.2, 0.25) is 10.0 Å². The molecule has 0 aliphatic heterocycles. The number of carbonyl (C=O) groups is 1. The quantitative estimate of drug-likeness (QED) is 0.805. The van der Waals surface area contributed by atoms with Gasteiger partial charge in [-0.05, 0) is 25.1 Å². The fourth-order valence-corrected chi connectivity index (χ4v) is 1.73. The van der Waals surface area contributed by atoms with Gasteiger partial charge < -0.3 is 9.15 Å². The second-order valence-corrected chi connectivity index (χ2v) is 4.19. The molecule has 18 heavy (non-hydrogen) atoms. The van der Waals surface area contributed by atoms with E-state index in [1.807, 2.05) is 0 Å². The molecule has 6 heteroatoms. The Kier molecular flexibility index (Phi) is 3.89. The summed E-state index contributed by atoms with van der Waals surface area (Å²) in [5.74, 6) is -0.223. The van der Waals surface area contributed by atoms with Crippen LogP contribution >= 0.6 is 23.2 Å². The van der Waals surface area contributed by atoms with Crippen molar-refractivity contribution < 1.29 is 13.9 Å². The van der Waals surface area contributed by atoms with Gasteiger partial charge in [0.25, 0.3) is 0 Å². The molecule has 4 nitrogen and oxygen atoms in total. The third-order valence-electron chi connectivity index (χ3n) is 2.22. The van der Waals surface area contributed by atoms with Gasteiger partial charge in [0.05, 0.1) is 16.7 Å². The zero-order valence-electron chi connectivity index (χ0n) is 9.44. The highest BCUT2D eigenvalue weighted by Gasteiger charge is 2.19. The molecule has 0 unspecified atom stereocenters. The molecule has 0 atom stereocenters. The van der Waals surface area contributed by atoms with Gasteiger partial charge in [-0.1, -0.05) is 23.2 Å². The van der Waals surface area contributed by atoms with Gasteiger partial charge in [0, 0.05) is 5.56 Å². The van der Waals surface area contributed by atoms with Crippen LogP contribution in [0.4, 0.5) is 0 Å². The maximum atomic E-state index is 11.6. The Bertz CT molecular complexity index is 580. The lowest BCUT2D eigenvalue weighted by Gasteiger charge is -2.02. The molecule has 0 radical (unpaired) electrons. The Hall–Kier alpha value is -1.52. The lowest BCUT2D eigenvalue weighted by Crippen LogP contribution is -2.06. The molecule has 0 saturated heterocycles. The molecule has 0 saturated carbocycles. The van der Waals surface area contributed by atoms with Gasteiger partial charge in [-0.15, -0.1) is 0 Å². The fourth-order valence-electron chi connectivity index (χ4n) is 1.43. The van der Waals surface area contributed by atoms with Crippen LogP contribution in [0.15, 0.2) is 29.0 Å². The predicted octanol–water partition coefficient (Wildman–Crippen LogP) is 3.83. The van der Waals surface area contributed by atoms with E-state index < -0.39 is 5.97 Å². The van der Waals surface area contributed by atoms with Crippen molar-refractivity contribution in [2.45, 2.75) is 6.92 Å². The monoisotopic (exact) mass is 285 g/mol. The smallest absolute Gasteiger partial charge is 0.360 e. The first-order valence-corrected chi connectivity index (χ1v) is 5.95. The summed E-state index contributed by atoms with van der Waals surface area (Å²) in [6, 6.07) is 4.92. The van der Waals surface area contributed by atoms with E-state index in [2.05, 4.69) is 4.98 Å². The van der Waals surface area contributed by atoms with Crippen LogP contribution in [0.5, 0.6) is 0 Å². The van der Waals surface area contributed by atoms with E-state index in [1.165, 1.54) is 6.39 Å². The third-order valence-corrected chi connectivity index (χ3v) is 2.96. The van der Waals surface area contributed by atoms with E-state index in [0.29, 0.717) is 21.4 Å². The van der Waals surface area contributed by atoms with E-state index in [0.717, 1.165) is 0 Å². The molecule has 2 aromatic rings. The van der Waals surface area contributed by atoms with E-state index in [1.54, 1.807) is 25.1 Å². The van der Waals surface area contributed by atoms with Crippen molar-refractivity contribution in [2.24, 2.45) is 0 Å². The minimum Gasteiger partial charge on any atom is -0.461 e. The first-order valence-electron chi connectivity index (χ1n) is 5.19. The molecule has 0 aliphatic carbocycles. The molecule has 0 N–H and O–H groups in total. The number of esters is 1. The summed E-state index contributed by atoms with van der Waals surface area (Å²) in [5, 5.41) is 0.804. The van der Waals surface area contributed by atoms with Crippen molar-refractivity contribution >= 4 is 29.2 Å². The molecular weight excluding hydrogens is 277 g/mol. The topological polar surface area (TPSA) is 52.3 Å². The number of nitrogens with zero attached hydrogens (tertiary/aromatic N) is 1. The van der Waals surface area contributed by atoms with Crippen LogP contribution in [-0.2, 0) is 4.74 Å². The van der Waals surface area contributed by atoms with Crippen molar-refractivity contribution in [1.82, 2.24) is 4.98 Å². The second kappa shape index (κ2) is 5.42. The molecule has 1 aromatic carbocycles. The lowest BCUT2D eigenvalue weighted by atomic mass is 10.1. The third kappa shape index (κ3) is 2.49. The molecule has 0 fully saturated rings. The number of ether oxygens (including phenoxy) is 1. The highest BCUT2D eigenvalue weighted by molar-refractivity contribution is 6.42. The summed E-state index contributed by atoms with van der Waals surface area (Å²) in [6.07, 6.45) is 1.18. The number of hydrogen-bond donors (Lipinski definition) is 0. The molecule has 1 aromatic heterocycles. The van der Waals surface area contributed by atoms with Crippen LogP contribution in [0, 0.1) is 0 Å². The summed E-state index contributed by atoms with van der Waals surface area (Å²) in [4.78, 5) is 15.5. The van der Waals surface area contributed by atoms with Crippen molar-refractivity contribution in [1.29, 1.82) is 0 Å². The van der Waals surface area contributed by atoms with Crippen LogP contribution in [0.25, 0.3) is 11.3 Å². The maximum Gasteiger partial charge on any atom is 0.360 e. The van der Waals surface area contributed by atoms with Gasteiger partial charge in [0.1, 0.15) is 0 Å².